The lowest BCUT2D eigenvalue weighted by Gasteiger charge is -2.08. The van der Waals surface area contributed by atoms with Crippen LogP contribution in [0.3, 0.4) is 0 Å². The number of benzene rings is 2. The minimum Gasteiger partial charge on any atom is -0.326 e. The molecule has 0 spiro atoms. The summed E-state index contributed by atoms with van der Waals surface area (Å²) in [5.74, 6) is -0.379. The van der Waals surface area contributed by atoms with E-state index in [9.17, 15) is 9.59 Å². The van der Waals surface area contributed by atoms with Gasteiger partial charge in [-0.3, -0.25) is 14.6 Å². The van der Waals surface area contributed by atoms with Crippen LogP contribution in [0.2, 0.25) is 0 Å². The molecule has 2 heterocycles. The van der Waals surface area contributed by atoms with E-state index in [1.54, 1.807) is 18.4 Å². The highest BCUT2D eigenvalue weighted by atomic mass is 32.2. The van der Waals surface area contributed by atoms with E-state index < -0.39 is 5.25 Å². The molecular weight excluding hydrogens is 392 g/mol. The lowest BCUT2D eigenvalue weighted by atomic mass is 10.2. The van der Waals surface area contributed by atoms with Crippen molar-refractivity contribution in [3.8, 4) is 10.6 Å². The van der Waals surface area contributed by atoms with Gasteiger partial charge in [0.15, 0.2) is 5.17 Å². The van der Waals surface area contributed by atoms with Gasteiger partial charge in [-0.15, -0.1) is 11.3 Å². The Morgan fingerprint density at radius 3 is 2.75 bits per heavy atom. The quantitative estimate of drug-likeness (QED) is 0.685. The van der Waals surface area contributed by atoms with Crippen LogP contribution >= 0.6 is 23.1 Å². The van der Waals surface area contributed by atoms with E-state index in [1.807, 2.05) is 30.3 Å². The Hall–Kier alpha value is -2.71. The topological polar surface area (TPSA) is 83.5 Å². The van der Waals surface area contributed by atoms with Crippen LogP contribution in [0.25, 0.3) is 20.8 Å². The normalized spacial score (nSPS) is 17.9. The van der Waals surface area contributed by atoms with Gasteiger partial charge >= 0.3 is 0 Å². The Morgan fingerprint density at radius 2 is 2.04 bits per heavy atom. The van der Waals surface area contributed by atoms with Gasteiger partial charge in [0.05, 0.1) is 10.2 Å². The van der Waals surface area contributed by atoms with Gasteiger partial charge in [0.1, 0.15) is 10.3 Å². The third-order valence-corrected chi connectivity index (χ3v) is 6.55. The molecule has 1 aliphatic rings. The Kier molecular flexibility index (Phi) is 5.15. The number of aryl methyl sites for hydroxylation is 1. The molecule has 0 radical (unpaired) electrons. The maximum atomic E-state index is 12.3. The smallest absolute Gasteiger partial charge is 0.240 e. The molecule has 0 aliphatic carbocycles. The molecule has 8 heteroatoms. The average molecular weight is 411 g/mol. The zero-order chi connectivity index (χ0) is 19.7. The summed E-state index contributed by atoms with van der Waals surface area (Å²) in [7, 11) is 1.61. The fourth-order valence-electron chi connectivity index (χ4n) is 2.88. The first-order chi connectivity index (χ1) is 13.5. The highest BCUT2D eigenvalue weighted by Crippen LogP contribution is 2.31. The fourth-order valence-corrected chi connectivity index (χ4v) is 4.88. The molecule has 2 N–H and O–H groups in total. The molecule has 1 aromatic heterocycles. The molecule has 1 fully saturated rings. The summed E-state index contributed by atoms with van der Waals surface area (Å²) in [6.45, 7) is 2.07. The van der Waals surface area contributed by atoms with Gasteiger partial charge in [-0.25, -0.2) is 4.98 Å². The summed E-state index contributed by atoms with van der Waals surface area (Å²) < 4.78 is 1.16. The number of rotatable bonds is 4. The molecule has 28 heavy (non-hydrogen) atoms. The number of thiazole rings is 1. The van der Waals surface area contributed by atoms with Gasteiger partial charge in [-0.2, -0.15) is 0 Å². The number of amides is 2. The highest BCUT2D eigenvalue weighted by molar-refractivity contribution is 8.15. The summed E-state index contributed by atoms with van der Waals surface area (Å²) in [5.41, 5.74) is 3.90. The van der Waals surface area contributed by atoms with Gasteiger partial charge in [0.2, 0.25) is 11.8 Å². The number of amidine groups is 1. The van der Waals surface area contributed by atoms with Gasteiger partial charge in [-0.05, 0) is 48.9 Å². The third kappa shape index (κ3) is 3.93. The third-order valence-electron chi connectivity index (χ3n) is 4.31. The summed E-state index contributed by atoms with van der Waals surface area (Å²) in [5, 5.41) is 6.56. The van der Waals surface area contributed by atoms with Gasteiger partial charge < -0.3 is 10.6 Å². The molecule has 2 amide bonds. The predicted molar refractivity (Wildman–Crippen MR) is 116 cm³/mol. The number of nitrogens with zero attached hydrogens (tertiary/aromatic N) is 2. The first kappa shape index (κ1) is 18.6. The monoisotopic (exact) mass is 410 g/mol. The van der Waals surface area contributed by atoms with Crippen LogP contribution in [0.1, 0.15) is 12.0 Å². The number of aliphatic imine (C=N–C) groups is 1. The zero-order valence-corrected chi connectivity index (χ0v) is 17.0. The van der Waals surface area contributed by atoms with Crippen molar-refractivity contribution in [1.29, 1.82) is 0 Å². The number of thioether (sulfide) groups is 1. The lowest BCUT2D eigenvalue weighted by Crippen LogP contribution is -2.28. The van der Waals surface area contributed by atoms with E-state index in [0.717, 1.165) is 20.8 Å². The van der Waals surface area contributed by atoms with Crippen molar-refractivity contribution in [1.82, 2.24) is 10.3 Å². The average Bonchev–Trinajstić information content (AvgIpc) is 3.25. The second-order valence-corrected chi connectivity index (χ2v) is 8.67. The van der Waals surface area contributed by atoms with E-state index in [1.165, 1.54) is 17.3 Å². The van der Waals surface area contributed by atoms with Gasteiger partial charge in [0, 0.05) is 24.7 Å². The molecule has 0 bridgehead atoms. The van der Waals surface area contributed by atoms with E-state index in [4.69, 9.17) is 0 Å². The van der Waals surface area contributed by atoms with Crippen molar-refractivity contribution in [2.24, 2.45) is 4.99 Å². The molecule has 4 rings (SSSR count). The van der Waals surface area contributed by atoms with E-state index in [-0.39, 0.29) is 18.2 Å². The minimum absolute atomic E-state index is 0.106. The van der Waals surface area contributed by atoms with Crippen molar-refractivity contribution >= 4 is 56.0 Å². The fraction of sp³-hybridized carbons (Fsp3) is 0.200. The SMILES string of the molecule is CN=C1NC(=O)[C@H](CC(=O)Nc2ccc(-c3nc4ccc(C)cc4s3)cc2)S1. The van der Waals surface area contributed by atoms with Crippen molar-refractivity contribution in [3.05, 3.63) is 48.0 Å². The first-order valence-corrected chi connectivity index (χ1v) is 10.4. The van der Waals surface area contributed by atoms with E-state index in [2.05, 4.69) is 39.7 Å². The van der Waals surface area contributed by atoms with Crippen molar-refractivity contribution < 1.29 is 9.59 Å². The van der Waals surface area contributed by atoms with E-state index >= 15 is 0 Å². The number of aromatic nitrogens is 1. The van der Waals surface area contributed by atoms with Crippen LogP contribution in [0.4, 0.5) is 5.69 Å². The summed E-state index contributed by atoms with van der Waals surface area (Å²) in [6.07, 6.45) is 0.106. The van der Waals surface area contributed by atoms with Crippen molar-refractivity contribution in [2.45, 2.75) is 18.6 Å². The Morgan fingerprint density at radius 1 is 1.25 bits per heavy atom. The molecule has 0 saturated carbocycles. The number of hydrogen-bond donors (Lipinski definition) is 2. The summed E-state index contributed by atoms with van der Waals surface area (Å²) in [4.78, 5) is 32.7. The second kappa shape index (κ2) is 7.73. The number of nitrogens with one attached hydrogen (secondary N) is 2. The molecule has 3 aromatic rings. The molecule has 6 nitrogen and oxygen atoms in total. The largest absolute Gasteiger partial charge is 0.326 e. The van der Waals surface area contributed by atoms with Crippen LogP contribution in [0.15, 0.2) is 47.5 Å². The van der Waals surface area contributed by atoms with Crippen LogP contribution < -0.4 is 10.6 Å². The van der Waals surface area contributed by atoms with E-state index in [0.29, 0.717) is 10.9 Å². The number of hydrogen-bond acceptors (Lipinski definition) is 6. The maximum absolute atomic E-state index is 12.3. The van der Waals surface area contributed by atoms with Crippen LogP contribution in [0, 0.1) is 6.92 Å². The Labute approximate surface area is 170 Å². The molecule has 1 atom stereocenters. The maximum Gasteiger partial charge on any atom is 0.240 e. The molecule has 1 aliphatic heterocycles. The molecule has 0 unspecified atom stereocenters. The minimum atomic E-state index is -0.441. The second-order valence-electron chi connectivity index (χ2n) is 6.44. The van der Waals surface area contributed by atoms with Crippen LogP contribution in [-0.2, 0) is 9.59 Å². The Bertz CT molecular complexity index is 1090. The Balaban J connectivity index is 1.42. The zero-order valence-electron chi connectivity index (χ0n) is 15.4. The molecule has 2 aromatic carbocycles. The van der Waals surface area contributed by atoms with Crippen molar-refractivity contribution in [3.63, 3.8) is 0 Å². The highest BCUT2D eigenvalue weighted by Gasteiger charge is 2.31. The van der Waals surface area contributed by atoms with Gasteiger partial charge in [-0.1, -0.05) is 17.8 Å². The number of fused-ring (bicyclic) bond motifs is 1. The first-order valence-electron chi connectivity index (χ1n) is 8.73. The molecule has 1 saturated heterocycles. The standard InChI is InChI=1S/C20H18N4O2S2/c1-11-3-8-14-15(9-11)27-19(23-14)12-4-6-13(7-5-12)22-17(25)10-16-18(26)24-20(21-2)28-16/h3-9,16H,10H2,1-2H3,(H,22,25)(H,21,24,26)/t16-/m0/s1. The van der Waals surface area contributed by atoms with Crippen LogP contribution in [-0.4, -0.2) is 34.3 Å². The van der Waals surface area contributed by atoms with Crippen molar-refractivity contribution in [2.75, 3.05) is 12.4 Å². The number of anilines is 1. The van der Waals surface area contributed by atoms with Crippen LogP contribution in [0.5, 0.6) is 0 Å². The summed E-state index contributed by atoms with van der Waals surface area (Å²) in [6, 6.07) is 13.8. The predicted octanol–water partition coefficient (Wildman–Crippen LogP) is 3.82. The number of carbonyl (C=O) groups is 2. The van der Waals surface area contributed by atoms with Gasteiger partial charge in [0.25, 0.3) is 0 Å². The number of carbonyl (C=O) groups excluding carboxylic acids is 2. The summed E-state index contributed by atoms with van der Waals surface area (Å²) >= 11 is 2.93. The lowest BCUT2D eigenvalue weighted by molar-refractivity contribution is -0.122. The molecular formula is C20H18N4O2S2. The molecule has 142 valence electrons.